The maximum Gasteiger partial charge on any atom is 0.135 e. The summed E-state index contributed by atoms with van der Waals surface area (Å²) in [4.78, 5) is 2.30. The van der Waals surface area contributed by atoms with E-state index in [4.69, 9.17) is 4.74 Å². The number of hydrogen-bond acceptors (Lipinski definition) is 3. The van der Waals surface area contributed by atoms with Crippen molar-refractivity contribution in [2.45, 2.75) is 39.0 Å². The highest BCUT2D eigenvalue weighted by atomic mass is 79.9. The molecule has 2 unspecified atom stereocenters. The number of ether oxygens (including phenoxy) is 1. The van der Waals surface area contributed by atoms with Crippen molar-refractivity contribution in [1.82, 2.24) is 14.7 Å². The SMILES string of the molecule is CC1CCCC(CCN(C)C)C1.COc1cc2nn(C)cc2cc1Br. The lowest BCUT2D eigenvalue weighted by Gasteiger charge is -2.27. The summed E-state index contributed by atoms with van der Waals surface area (Å²) >= 11 is 3.42. The Bertz CT molecular complexity index is 668. The van der Waals surface area contributed by atoms with Gasteiger partial charge in [0.1, 0.15) is 5.75 Å². The first-order valence-electron chi connectivity index (χ1n) is 9.20. The number of rotatable bonds is 4. The summed E-state index contributed by atoms with van der Waals surface area (Å²) in [6.45, 7) is 3.68. The van der Waals surface area contributed by atoms with Crippen molar-refractivity contribution in [2.24, 2.45) is 18.9 Å². The van der Waals surface area contributed by atoms with Gasteiger partial charge in [0.15, 0.2) is 0 Å². The molecule has 3 rings (SSSR count). The van der Waals surface area contributed by atoms with Gasteiger partial charge in [0, 0.05) is 24.7 Å². The number of methoxy groups -OCH3 is 1. The van der Waals surface area contributed by atoms with E-state index >= 15 is 0 Å². The number of hydrogen-bond donors (Lipinski definition) is 0. The van der Waals surface area contributed by atoms with E-state index < -0.39 is 0 Å². The van der Waals surface area contributed by atoms with Gasteiger partial charge in [-0.25, -0.2) is 0 Å². The van der Waals surface area contributed by atoms with Gasteiger partial charge in [-0.15, -0.1) is 0 Å². The largest absolute Gasteiger partial charge is 0.495 e. The Morgan fingerprint density at radius 3 is 2.72 bits per heavy atom. The van der Waals surface area contributed by atoms with Crippen molar-refractivity contribution in [2.75, 3.05) is 27.7 Å². The van der Waals surface area contributed by atoms with Crippen molar-refractivity contribution in [3.63, 3.8) is 0 Å². The van der Waals surface area contributed by atoms with Crippen LogP contribution in [-0.4, -0.2) is 42.4 Å². The van der Waals surface area contributed by atoms with Gasteiger partial charge in [0.05, 0.1) is 17.1 Å². The van der Waals surface area contributed by atoms with Crippen LogP contribution >= 0.6 is 15.9 Å². The first kappa shape index (κ1) is 20.2. The Kier molecular flexibility index (Phi) is 7.76. The molecule has 5 heteroatoms. The molecule has 0 spiro atoms. The summed E-state index contributed by atoms with van der Waals surface area (Å²) in [5.74, 6) is 2.83. The molecule has 1 aliphatic carbocycles. The van der Waals surface area contributed by atoms with Gasteiger partial charge >= 0.3 is 0 Å². The highest BCUT2D eigenvalue weighted by molar-refractivity contribution is 9.10. The van der Waals surface area contributed by atoms with Crippen LogP contribution in [0.4, 0.5) is 0 Å². The van der Waals surface area contributed by atoms with E-state index in [0.717, 1.165) is 33.0 Å². The highest BCUT2D eigenvalue weighted by Gasteiger charge is 2.18. The van der Waals surface area contributed by atoms with Gasteiger partial charge in [0.2, 0.25) is 0 Å². The van der Waals surface area contributed by atoms with Crippen molar-refractivity contribution in [3.05, 3.63) is 22.8 Å². The third-order valence-electron chi connectivity index (χ3n) is 4.92. The zero-order valence-corrected chi connectivity index (χ0v) is 17.8. The fourth-order valence-corrected chi connectivity index (χ4v) is 4.09. The first-order chi connectivity index (χ1) is 11.9. The van der Waals surface area contributed by atoms with Gasteiger partial charge in [-0.1, -0.05) is 26.2 Å². The minimum absolute atomic E-state index is 0.811. The molecule has 0 N–H and O–H groups in total. The zero-order chi connectivity index (χ0) is 18.4. The molecule has 1 heterocycles. The van der Waals surface area contributed by atoms with Crippen LogP contribution < -0.4 is 4.74 Å². The van der Waals surface area contributed by atoms with Gasteiger partial charge < -0.3 is 9.64 Å². The average Bonchev–Trinajstić information content (AvgIpc) is 2.91. The quantitative estimate of drug-likeness (QED) is 0.702. The van der Waals surface area contributed by atoms with Crippen LogP contribution in [-0.2, 0) is 7.05 Å². The second-order valence-electron chi connectivity index (χ2n) is 7.58. The van der Waals surface area contributed by atoms with Crippen LogP contribution in [0.15, 0.2) is 22.8 Å². The van der Waals surface area contributed by atoms with E-state index in [9.17, 15) is 0 Å². The molecule has 1 aromatic carbocycles. The maximum absolute atomic E-state index is 5.17. The lowest BCUT2D eigenvalue weighted by atomic mass is 9.81. The number of nitrogens with zero attached hydrogens (tertiary/aromatic N) is 3. The summed E-state index contributed by atoms with van der Waals surface area (Å²) in [6.07, 6.45) is 9.29. The minimum atomic E-state index is 0.811. The third kappa shape index (κ3) is 6.30. The highest BCUT2D eigenvalue weighted by Crippen LogP contribution is 2.30. The van der Waals surface area contributed by atoms with E-state index in [2.05, 4.69) is 46.9 Å². The molecule has 1 aliphatic rings. The smallest absolute Gasteiger partial charge is 0.135 e. The van der Waals surface area contributed by atoms with Gasteiger partial charge in [-0.3, -0.25) is 4.68 Å². The molecule has 0 saturated heterocycles. The standard InChI is InChI=1S/C11H23N.C9H9BrN2O/c1-10-5-4-6-11(9-10)7-8-12(2)3;1-12-5-6-3-7(10)9(13-2)4-8(6)11-12/h10-11H,4-9H2,1-3H3;3-5H,1-2H3. The second kappa shape index (κ2) is 9.58. The monoisotopic (exact) mass is 409 g/mol. The van der Waals surface area contributed by atoms with Crippen LogP contribution in [0.2, 0.25) is 0 Å². The predicted octanol–water partition coefficient (Wildman–Crippen LogP) is 5.11. The fourth-order valence-electron chi connectivity index (χ4n) is 3.57. The molecule has 0 radical (unpaired) electrons. The van der Waals surface area contributed by atoms with Crippen LogP contribution in [0.1, 0.15) is 39.0 Å². The number of benzene rings is 1. The molecule has 1 aromatic heterocycles. The molecule has 4 nitrogen and oxygen atoms in total. The molecule has 25 heavy (non-hydrogen) atoms. The summed E-state index contributed by atoms with van der Waals surface area (Å²) < 4.78 is 7.91. The van der Waals surface area contributed by atoms with E-state index in [-0.39, 0.29) is 0 Å². The summed E-state index contributed by atoms with van der Waals surface area (Å²) in [6, 6.07) is 3.92. The molecular formula is C20H32BrN3O. The van der Waals surface area contributed by atoms with Gasteiger partial charge in [0.25, 0.3) is 0 Å². The molecule has 0 aliphatic heterocycles. The van der Waals surface area contributed by atoms with E-state index in [0.29, 0.717) is 0 Å². The predicted molar refractivity (Wildman–Crippen MR) is 109 cm³/mol. The lowest BCUT2D eigenvalue weighted by Crippen LogP contribution is -2.20. The third-order valence-corrected chi connectivity index (χ3v) is 5.54. The molecule has 0 bridgehead atoms. The number of aryl methyl sites for hydroxylation is 1. The van der Waals surface area contributed by atoms with Crippen LogP contribution in [0.5, 0.6) is 5.75 Å². The van der Waals surface area contributed by atoms with Crippen LogP contribution in [0.25, 0.3) is 10.9 Å². The Balaban J connectivity index is 0.000000181. The van der Waals surface area contributed by atoms with Crippen molar-refractivity contribution in [1.29, 1.82) is 0 Å². The van der Waals surface area contributed by atoms with E-state index in [1.807, 2.05) is 25.4 Å². The molecule has 2 atom stereocenters. The fraction of sp³-hybridized carbons (Fsp3) is 0.650. The molecule has 1 fully saturated rings. The Morgan fingerprint density at radius 2 is 2.08 bits per heavy atom. The van der Waals surface area contributed by atoms with Gasteiger partial charge in [-0.2, -0.15) is 5.10 Å². The van der Waals surface area contributed by atoms with Crippen molar-refractivity contribution in [3.8, 4) is 5.75 Å². The Hall–Kier alpha value is -1.07. The second-order valence-corrected chi connectivity index (χ2v) is 8.43. The first-order valence-corrected chi connectivity index (χ1v) is 10.00. The van der Waals surface area contributed by atoms with E-state index in [1.165, 1.54) is 38.6 Å². The molecule has 140 valence electrons. The van der Waals surface area contributed by atoms with Crippen LogP contribution in [0.3, 0.4) is 0 Å². The molecule has 2 aromatic rings. The van der Waals surface area contributed by atoms with Crippen LogP contribution in [0, 0.1) is 11.8 Å². The normalized spacial score (nSPS) is 20.4. The molecule has 1 saturated carbocycles. The summed E-state index contributed by atoms with van der Waals surface area (Å²) in [5.41, 5.74) is 0.947. The summed E-state index contributed by atoms with van der Waals surface area (Å²) in [5, 5.41) is 5.39. The Morgan fingerprint density at radius 1 is 1.32 bits per heavy atom. The van der Waals surface area contributed by atoms with E-state index in [1.54, 1.807) is 11.8 Å². The minimum Gasteiger partial charge on any atom is -0.495 e. The zero-order valence-electron chi connectivity index (χ0n) is 16.3. The number of fused-ring (bicyclic) bond motifs is 1. The molecule has 0 amide bonds. The lowest BCUT2D eigenvalue weighted by molar-refractivity contribution is 0.245. The topological polar surface area (TPSA) is 30.3 Å². The summed E-state index contributed by atoms with van der Waals surface area (Å²) in [7, 11) is 7.90. The number of aromatic nitrogens is 2. The number of halogens is 1. The van der Waals surface area contributed by atoms with Crippen molar-refractivity contribution >= 4 is 26.8 Å². The van der Waals surface area contributed by atoms with Gasteiger partial charge in [-0.05, 0) is 67.3 Å². The van der Waals surface area contributed by atoms with Crippen molar-refractivity contribution < 1.29 is 4.74 Å². The Labute approximate surface area is 160 Å². The average molecular weight is 410 g/mol. The maximum atomic E-state index is 5.17. The molecular weight excluding hydrogens is 378 g/mol.